The lowest BCUT2D eigenvalue weighted by Gasteiger charge is -2.05. The zero-order valence-electron chi connectivity index (χ0n) is 9.77. The van der Waals surface area contributed by atoms with Gasteiger partial charge < -0.3 is 15.0 Å². The van der Waals surface area contributed by atoms with Gasteiger partial charge in [-0.05, 0) is 24.3 Å². The standard InChI is InChI=1S/C12H14ClN3O/c1-16-10(7-14)11(13)15-12(16)8-3-5-9(17-2)6-4-8/h3-6H,7,14H2,1-2H3. The Kier molecular flexibility index (Phi) is 3.36. The number of hydrogen-bond acceptors (Lipinski definition) is 3. The SMILES string of the molecule is COc1ccc(-c2nc(Cl)c(CN)n2C)cc1. The van der Waals surface area contributed by atoms with E-state index in [2.05, 4.69) is 4.98 Å². The third-order valence-electron chi connectivity index (χ3n) is 2.71. The van der Waals surface area contributed by atoms with E-state index in [1.807, 2.05) is 35.9 Å². The molecule has 2 rings (SSSR count). The molecule has 0 bridgehead atoms. The molecule has 90 valence electrons. The Hall–Kier alpha value is -1.52. The average Bonchev–Trinajstić information content (AvgIpc) is 2.64. The van der Waals surface area contributed by atoms with Crippen LogP contribution in [0.2, 0.25) is 5.15 Å². The van der Waals surface area contributed by atoms with Crippen LogP contribution in [-0.2, 0) is 13.6 Å². The Morgan fingerprint density at radius 2 is 2.00 bits per heavy atom. The smallest absolute Gasteiger partial charge is 0.152 e. The first-order valence-electron chi connectivity index (χ1n) is 5.23. The van der Waals surface area contributed by atoms with E-state index in [-0.39, 0.29) is 0 Å². The number of aromatic nitrogens is 2. The number of ether oxygens (including phenoxy) is 1. The van der Waals surface area contributed by atoms with Crippen LogP contribution in [0.5, 0.6) is 5.75 Å². The van der Waals surface area contributed by atoms with Crippen molar-refractivity contribution in [2.45, 2.75) is 6.54 Å². The lowest BCUT2D eigenvalue weighted by molar-refractivity contribution is 0.415. The molecule has 0 aliphatic carbocycles. The van der Waals surface area contributed by atoms with E-state index in [0.717, 1.165) is 22.8 Å². The summed E-state index contributed by atoms with van der Waals surface area (Å²) < 4.78 is 7.02. The maximum absolute atomic E-state index is 6.02. The molecular weight excluding hydrogens is 238 g/mol. The molecule has 1 aromatic carbocycles. The first-order chi connectivity index (χ1) is 8.17. The van der Waals surface area contributed by atoms with Crippen LogP contribution in [0.1, 0.15) is 5.69 Å². The number of hydrogen-bond donors (Lipinski definition) is 1. The molecule has 17 heavy (non-hydrogen) atoms. The van der Waals surface area contributed by atoms with Gasteiger partial charge in [-0.3, -0.25) is 0 Å². The molecule has 0 atom stereocenters. The minimum absolute atomic E-state index is 0.374. The van der Waals surface area contributed by atoms with Crippen LogP contribution in [0.15, 0.2) is 24.3 Å². The summed E-state index contributed by atoms with van der Waals surface area (Å²) in [6, 6.07) is 7.66. The molecule has 0 spiro atoms. The number of nitrogens with zero attached hydrogens (tertiary/aromatic N) is 2. The summed E-state index contributed by atoms with van der Waals surface area (Å²) in [7, 11) is 3.54. The molecule has 0 saturated heterocycles. The Morgan fingerprint density at radius 3 is 2.47 bits per heavy atom. The molecule has 2 aromatic rings. The van der Waals surface area contributed by atoms with Crippen LogP contribution in [0, 0.1) is 0 Å². The van der Waals surface area contributed by atoms with Crippen LogP contribution in [-0.4, -0.2) is 16.7 Å². The van der Waals surface area contributed by atoms with E-state index in [4.69, 9.17) is 22.1 Å². The molecule has 1 heterocycles. The summed E-state index contributed by atoms with van der Waals surface area (Å²) >= 11 is 6.02. The van der Waals surface area contributed by atoms with Crippen molar-refractivity contribution in [3.05, 3.63) is 35.1 Å². The van der Waals surface area contributed by atoms with E-state index in [1.54, 1.807) is 7.11 Å². The van der Waals surface area contributed by atoms with Gasteiger partial charge in [0.05, 0.1) is 12.8 Å². The first-order valence-corrected chi connectivity index (χ1v) is 5.60. The molecular formula is C12H14ClN3O. The molecule has 0 fully saturated rings. The van der Waals surface area contributed by atoms with Gasteiger partial charge >= 0.3 is 0 Å². The van der Waals surface area contributed by atoms with Gasteiger partial charge in [-0.25, -0.2) is 4.98 Å². The van der Waals surface area contributed by atoms with Crippen LogP contribution < -0.4 is 10.5 Å². The summed E-state index contributed by atoms with van der Waals surface area (Å²) in [6.45, 7) is 0.374. The summed E-state index contributed by atoms with van der Waals surface area (Å²) in [5.41, 5.74) is 7.44. The average molecular weight is 252 g/mol. The second-order valence-corrected chi connectivity index (χ2v) is 4.02. The maximum Gasteiger partial charge on any atom is 0.152 e. The molecule has 0 amide bonds. The molecule has 0 radical (unpaired) electrons. The van der Waals surface area contributed by atoms with Crippen LogP contribution in [0.4, 0.5) is 0 Å². The van der Waals surface area contributed by atoms with Crippen LogP contribution in [0.3, 0.4) is 0 Å². The number of nitrogens with two attached hydrogens (primary N) is 1. The number of methoxy groups -OCH3 is 1. The lowest BCUT2D eigenvalue weighted by Crippen LogP contribution is -2.04. The van der Waals surface area contributed by atoms with E-state index in [9.17, 15) is 0 Å². The summed E-state index contributed by atoms with van der Waals surface area (Å²) in [5, 5.41) is 0.459. The van der Waals surface area contributed by atoms with Crippen molar-refractivity contribution < 1.29 is 4.74 Å². The Balaban J connectivity index is 2.45. The third kappa shape index (κ3) is 2.14. The minimum atomic E-state index is 0.374. The molecule has 0 saturated carbocycles. The van der Waals surface area contributed by atoms with Crippen molar-refractivity contribution in [3.63, 3.8) is 0 Å². The van der Waals surface area contributed by atoms with Crippen molar-refractivity contribution in [3.8, 4) is 17.1 Å². The van der Waals surface area contributed by atoms with Gasteiger partial charge in [0.1, 0.15) is 11.6 Å². The summed E-state index contributed by atoms with van der Waals surface area (Å²) in [6.07, 6.45) is 0. The molecule has 0 aliphatic rings. The van der Waals surface area contributed by atoms with Crippen LogP contribution >= 0.6 is 11.6 Å². The van der Waals surface area contributed by atoms with Crippen molar-refractivity contribution >= 4 is 11.6 Å². The molecule has 5 heteroatoms. The van der Waals surface area contributed by atoms with Crippen molar-refractivity contribution in [1.82, 2.24) is 9.55 Å². The van der Waals surface area contributed by atoms with Gasteiger partial charge in [0.15, 0.2) is 5.15 Å². The molecule has 0 unspecified atom stereocenters. The van der Waals surface area contributed by atoms with E-state index < -0.39 is 0 Å². The van der Waals surface area contributed by atoms with Gasteiger partial charge in [-0.15, -0.1) is 0 Å². The van der Waals surface area contributed by atoms with E-state index >= 15 is 0 Å². The van der Waals surface area contributed by atoms with E-state index in [0.29, 0.717) is 11.7 Å². The molecule has 2 N–H and O–H groups in total. The number of rotatable bonds is 3. The second kappa shape index (κ2) is 4.77. The lowest BCUT2D eigenvalue weighted by atomic mass is 10.2. The monoisotopic (exact) mass is 251 g/mol. The highest BCUT2D eigenvalue weighted by molar-refractivity contribution is 6.30. The highest BCUT2D eigenvalue weighted by Gasteiger charge is 2.12. The first kappa shape index (κ1) is 12.0. The minimum Gasteiger partial charge on any atom is -0.497 e. The predicted molar refractivity (Wildman–Crippen MR) is 68.1 cm³/mol. The highest BCUT2D eigenvalue weighted by Crippen LogP contribution is 2.25. The fourth-order valence-electron chi connectivity index (χ4n) is 1.72. The molecule has 1 aromatic heterocycles. The fraction of sp³-hybridized carbons (Fsp3) is 0.250. The molecule has 0 aliphatic heterocycles. The predicted octanol–water partition coefficient (Wildman–Crippen LogP) is 2.21. The van der Waals surface area contributed by atoms with Gasteiger partial charge in [-0.1, -0.05) is 11.6 Å². The van der Waals surface area contributed by atoms with Gasteiger partial charge in [0.25, 0.3) is 0 Å². The Bertz CT molecular complexity index is 519. The Labute approximate surface area is 105 Å². The third-order valence-corrected chi connectivity index (χ3v) is 3.01. The van der Waals surface area contributed by atoms with E-state index in [1.165, 1.54) is 0 Å². The zero-order valence-corrected chi connectivity index (χ0v) is 10.5. The van der Waals surface area contributed by atoms with Gasteiger partial charge in [0.2, 0.25) is 0 Å². The van der Waals surface area contributed by atoms with Crippen molar-refractivity contribution in [2.75, 3.05) is 7.11 Å². The second-order valence-electron chi connectivity index (χ2n) is 3.66. The molecule has 4 nitrogen and oxygen atoms in total. The highest BCUT2D eigenvalue weighted by atomic mass is 35.5. The van der Waals surface area contributed by atoms with Crippen LogP contribution in [0.25, 0.3) is 11.4 Å². The number of halogens is 1. The Morgan fingerprint density at radius 1 is 1.35 bits per heavy atom. The number of benzene rings is 1. The fourth-order valence-corrected chi connectivity index (χ4v) is 2.00. The van der Waals surface area contributed by atoms with Gasteiger partial charge in [0, 0.05) is 19.2 Å². The number of imidazole rings is 1. The summed E-state index contributed by atoms with van der Waals surface area (Å²) in [4.78, 5) is 4.31. The van der Waals surface area contributed by atoms with Gasteiger partial charge in [-0.2, -0.15) is 0 Å². The quantitative estimate of drug-likeness (QED) is 0.910. The summed E-state index contributed by atoms with van der Waals surface area (Å²) in [5.74, 6) is 1.62. The largest absolute Gasteiger partial charge is 0.497 e. The van der Waals surface area contributed by atoms with Crippen molar-refractivity contribution in [2.24, 2.45) is 12.8 Å². The normalized spacial score (nSPS) is 10.6. The van der Waals surface area contributed by atoms with Crippen molar-refractivity contribution in [1.29, 1.82) is 0 Å². The maximum atomic E-state index is 6.02. The topological polar surface area (TPSA) is 53.1 Å². The zero-order chi connectivity index (χ0) is 12.4.